The zero-order chi connectivity index (χ0) is 19.4. The lowest BCUT2D eigenvalue weighted by Crippen LogP contribution is -2.30. The minimum absolute atomic E-state index is 0.0162. The van der Waals surface area contributed by atoms with Crippen LogP contribution in [0.2, 0.25) is 0 Å². The van der Waals surface area contributed by atoms with Gasteiger partial charge in [0.1, 0.15) is 11.5 Å². The topological polar surface area (TPSA) is 64.6 Å². The first-order chi connectivity index (χ1) is 13.0. The molecule has 5 nitrogen and oxygen atoms in total. The maximum absolute atomic E-state index is 12.4. The van der Waals surface area contributed by atoms with Gasteiger partial charge in [0.25, 0.3) is 5.91 Å². The molecule has 1 unspecified atom stereocenters. The Morgan fingerprint density at radius 2 is 1.52 bits per heavy atom. The Hall–Kier alpha value is -3.34. The molecule has 0 aliphatic carbocycles. The van der Waals surface area contributed by atoms with Gasteiger partial charge >= 0.3 is 0 Å². The number of methoxy groups -OCH3 is 1. The molecule has 0 heterocycles. The van der Waals surface area contributed by atoms with Gasteiger partial charge in [-0.2, -0.15) is 0 Å². The van der Waals surface area contributed by atoms with Gasteiger partial charge in [-0.3, -0.25) is 9.59 Å². The molecule has 27 heavy (non-hydrogen) atoms. The minimum atomic E-state index is -0.680. The van der Waals surface area contributed by atoms with Crippen molar-refractivity contribution in [2.75, 3.05) is 12.4 Å². The van der Waals surface area contributed by atoms with Gasteiger partial charge in [0.05, 0.1) is 7.11 Å². The second-order valence-corrected chi connectivity index (χ2v) is 6.26. The Bertz CT molecular complexity index is 979. The smallest absolute Gasteiger partial charge is 0.265 e. The van der Waals surface area contributed by atoms with Gasteiger partial charge < -0.3 is 14.8 Å². The molecule has 0 radical (unpaired) electrons. The Balaban J connectivity index is 1.68. The first-order valence-electron chi connectivity index (χ1n) is 8.62. The maximum Gasteiger partial charge on any atom is 0.265 e. The normalized spacial score (nSPS) is 11.7. The third-order valence-corrected chi connectivity index (χ3v) is 4.26. The SMILES string of the molecule is COc1ccc2ccc(OC(C)C(=O)Nc3ccc(C(C)=O)cc3)cc2c1. The lowest BCUT2D eigenvalue weighted by atomic mass is 10.1. The molecule has 0 aromatic heterocycles. The number of carbonyl (C=O) groups is 2. The summed E-state index contributed by atoms with van der Waals surface area (Å²) in [6.45, 7) is 3.19. The fourth-order valence-electron chi connectivity index (χ4n) is 2.69. The molecule has 3 aromatic carbocycles. The summed E-state index contributed by atoms with van der Waals surface area (Å²) in [5, 5.41) is 4.82. The van der Waals surface area contributed by atoms with Crippen molar-refractivity contribution in [1.29, 1.82) is 0 Å². The number of hydrogen-bond donors (Lipinski definition) is 1. The predicted octanol–water partition coefficient (Wildman–Crippen LogP) is 4.46. The number of benzene rings is 3. The third kappa shape index (κ3) is 4.44. The lowest BCUT2D eigenvalue weighted by Gasteiger charge is -2.15. The van der Waals surface area contributed by atoms with E-state index >= 15 is 0 Å². The number of rotatable bonds is 6. The van der Waals surface area contributed by atoms with Crippen molar-refractivity contribution in [2.24, 2.45) is 0 Å². The van der Waals surface area contributed by atoms with Crippen LogP contribution in [0.25, 0.3) is 10.8 Å². The summed E-state index contributed by atoms with van der Waals surface area (Å²) in [5.74, 6) is 1.08. The summed E-state index contributed by atoms with van der Waals surface area (Å²) >= 11 is 0. The number of carbonyl (C=O) groups excluding carboxylic acids is 2. The van der Waals surface area contributed by atoms with Gasteiger partial charge in [0.15, 0.2) is 11.9 Å². The highest BCUT2D eigenvalue weighted by Gasteiger charge is 2.15. The van der Waals surface area contributed by atoms with Crippen molar-refractivity contribution in [3.8, 4) is 11.5 Å². The predicted molar refractivity (Wildman–Crippen MR) is 106 cm³/mol. The molecule has 1 amide bonds. The van der Waals surface area contributed by atoms with E-state index in [1.807, 2.05) is 36.4 Å². The lowest BCUT2D eigenvalue weighted by molar-refractivity contribution is -0.122. The molecule has 0 aliphatic rings. The molecule has 0 spiro atoms. The van der Waals surface area contributed by atoms with E-state index in [4.69, 9.17) is 9.47 Å². The van der Waals surface area contributed by atoms with Crippen LogP contribution in [0.3, 0.4) is 0 Å². The Morgan fingerprint density at radius 1 is 0.889 bits per heavy atom. The van der Waals surface area contributed by atoms with Crippen LogP contribution in [-0.2, 0) is 4.79 Å². The van der Waals surface area contributed by atoms with Crippen LogP contribution in [0, 0.1) is 0 Å². The second kappa shape index (κ2) is 7.91. The highest BCUT2D eigenvalue weighted by atomic mass is 16.5. The summed E-state index contributed by atoms with van der Waals surface area (Å²) in [4.78, 5) is 23.7. The van der Waals surface area contributed by atoms with Crippen LogP contribution in [0.1, 0.15) is 24.2 Å². The third-order valence-electron chi connectivity index (χ3n) is 4.26. The van der Waals surface area contributed by atoms with Crippen molar-refractivity contribution in [2.45, 2.75) is 20.0 Å². The van der Waals surface area contributed by atoms with Gasteiger partial charge in [0, 0.05) is 11.3 Å². The first-order valence-corrected chi connectivity index (χ1v) is 8.62. The van der Waals surface area contributed by atoms with Gasteiger partial charge in [0.2, 0.25) is 0 Å². The summed E-state index contributed by atoms with van der Waals surface area (Å²) in [7, 11) is 1.62. The molecule has 0 bridgehead atoms. The van der Waals surface area contributed by atoms with Crippen molar-refractivity contribution in [1.82, 2.24) is 0 Å². The number of hydrogen-bond acceptors (Lipinski definition) is 4. The average Bonchev–Trinajstić information content (AvgIpc) is 2.67. The van der Waals surface area contributed by atoms with Crippen molar-refractivity contribution >= 4 is 28.2 Å². The molecule has 138 valence electrons. The van der Waals surface area contributed by atoms with Crippen molar-refractivity contribution in [3.63, 3.8) is 0 Å². The summed E-state index contributed by atoms with van der Waals surface area (Å²) in [6.07, 6.45) is -0.680. The number of fused-ring (bicyclic) bond motifs is 1. The zero-order valence-electron chi connectivity index (χ0n) is 15.5. The van der Waals surface area contributed by atoms with E-state index < -0.39 is 6.10 Å². The molecule has 3 rings (SSSR count). The van der Waals surface area contributed by atoms with Crippen LogP contribution in [0.5, 0.6) is 11.5 Å². The monoisotopic (exact) mass is 363 g/mol. The Kier molecular flexibility index (Phi) is 5.41. The van der Waals surface area contributed by atoms with Gasteiger partial charge in [-0.25, -0.2) is 0 Å². The first kappa shape index (κ1) is 18.5. The van der Waals surface area contributed by atoms with Crippen LogP contribution in [-0.4, -0.2) is 24.9 Å². The Labute approximate surface area is 157 Å². The van der Waals surface area contributed by atoms with Crippen LogP contribution in [0.4, 0.5) is 5.69 Å². The molecule has 0 saturated carbocycles. The molecule has 1 N–H and O–H groups in total. The average molecular weight is 363 g/mol. The fraction of sp³-hybridized carbons (Fsp3) is 0.182. The van der Waals surface area contributed by atoms with E-state index in [1.165, 1.54) is 6.92 Å². The standard InChI is InChI=1S/C22H21NO4/c1-14(24)16-4-8-19(9-5-16)23-22(25)15(2)27-21-11-7-17-6-10-20(26-3)12-18(17)13-21/h4-13,15H,1-3H3,(H,23,25). The van der Waals surface area contributed by atoms with Gasteiger partial charge in [-0.15, -0.1) is 0 Å². The zero-order valence-corrected chi connectivity index (χ0v) is 15.5. The van der Waals surface area contributed by atoms with Crippen molar-refractivity contribution < 1.29 is 19.1 Å². The Morgan fingerprint density at radius 3 is 2.15 bits per heavy atom. The number of nitrogens with one attached hydrogen (secondary N) is 1. The maximum atomic E-state index is 12.4. The van der Waals surface area contributed by atoms with E-state index in [0.717, 1.165) is 16.5 Å². The molecular weight excluding hydrogens is 342 g/mol. The highest BCUT2D eigenvalue weighted by Crippen LogP contribution is 2.25. The van der Waals surface area contributed by atoms with Crippen LogP contribution in [0.15, 0.2) is 60.7 Å². The number of anilines is 1. The molecule has 1 atom stereocenters. The molecule has 5 heteroatoms. The summed E-state index contributed by atoms with van der Waals surface area (Å²) < 4.78 is 11.0. The molecular formula is C22H21NO4. The molecule has 3 aromatic rings. The molecule has 0 aliphatic heterocycles. The van der Waals surface area contributed by atoms with Gasteiger partial charge in [-0.1, -0.05) is 12.1 Å². The van der Waals surface area contributed by atoms with E-state index in [-0.39, 0.29) is 11.7 Å². The van der Waals surface area contributed by atoms with Crippen LogP contribution < -0.4 is 14.8 Å². The number of amides is 1. The van der Waals surface area contributed by atoms with E-state index in [1.54, 1.807) is 38.3 Å². The summed E-state index contributed by atoms with van der Waals surface area (Å²) in [6, 6.07) is 18.2. The van der Waals surface area contributed by atoms with E-state index in [2.05, 4.69) is 5.32 Å². The van der Waals surface area contributed by atoms with E-state index in [9.17, 15) is 9.59 Å². The highest BCUT2D eigenvalue weighted by molar-refractivity contribution is 5.96. The van der Waals surface area contributed by atoms with Crippen LogP contribution >= 0.6 is 0 Å². The minimum Gasteiger partial charge on any atom is -0.497 e. The quantitative estimate of drug-likeness (QED) is 0.657. The number of ether oxygens (including phenoxy) is 2. The second-order valence-electron chi connectivity index (χ2n) is 6.26. The number of Topliss-reactive ketones (excluding diaryl/α,β-unsaturated/α-hetero) is 1. The largest absolute Gasteiger partial charge is 0.497 e. The fourth-order valence-corrected chi connectivity index (χ4v) is 2.69. The molecule has 0 fully saturated rings. The van der Waals surface area contributed by atoms with Crippen molar-refractivity contribution in [3.05, 3.63) is 66.2 Å². The molecule has 0 saturated heterocycles. The van der Waals surface area contributed by atoms with E-state index in [0.29, 0.717) is 17.0 Å². The van der Waals surface area contributed by atoms with Gasteiger partial charge in [-0.05, 0) is 73.2 Å². The summed E-state index contributed by atoms with van der Waals surface area (Å²) in [5.41, 5.74) is 1.22. The number of ketones is 1.